The lowest BCUT2D eigenvalue weighted by molar-refractivity contribution is -0.134. The van der Waals surface area contributed by atoms with Gasteiger partial charge in [0, 0.05) is 31.7 Å². The summed E-state index contributed by atoms with van der Waals surface area (Å²) >= 11 is 0. The van der Waals surface area contributed by atoms with E-state index < -0.39 is 35.9 Å². The van der Waals surface area contributed by atoms with E-state index in [4.69, 9.17) is 13.9 Å². The topological polar surface area (TPSA) is 189 Å². The molecule has 54 heavy (non-hydrogen) atoms. The number of carbonyl (C=O) groups excluding carboxylic acids is 5. The van der Waals surface area contributed by atoms with Gasteiger partial charge in [0.25, 0.3) is 11.8 Å². The molecule has 0 radical (unpaired) electrons. The molecule has 5 N–H and O–H groups in total. The largest absolute Gasteiger partial charge is 0.486 e. The predicted molar refractivity (Wildman–Crippen MR) is 201 cm³/mol. The predicted octanol–water partition coefficient (Wildman–Crippen LogP) is 3.04. The first-order valence-corrected chi connectivity index (χ1v) is 18.5. The molecule has 0 saturated heterocycles. The highest BCUT2D eigenvalue weighted by molar-refractivity contribution is 5.93. The summed E-state index contributed by atoms with van der Waals surface area (Å²) < 4.78 is 17.5. The molecular formula is C40H53N5O9. The molecule has 3 atom stereocenters. The van der Waals surface area contributed by atoms with E-state index in [0.717, 1.165) is 0 Å². The zero-order valence-electron chi connectivity index (χ0n) is 31.5. The highest BCUT2D eigenvalue weighted by atomic mass is 16.5. The molecule has 1 aliphatic rings. The SMILES string of the molecule is Cc1cc(COc2ccccc2)oc1C(=O)N1CCCCNC(=O)[C@H]([C@@H](C)O)NC(=O)[C@@H](CC(C)C)NC(=O)Cc2cccc(c2)OCC(=O)NCCC1. The quantitative estimate of drug-likeness (QED) is 0.242. The first-order chi connectivity index (χ1) is 25.9. The number of rotatable bonds is 7. The lowest BCUT2D eigenvalue weighted by Gasteiger charge is -2.26. The number of hydrogen-bond donors (Lipinski definition) is 5. The van der Waals surface area contributed by atoms with Crippen molar-refractivity contribution < 1.29 is 43.0 Å². The van der Waals surface area contributed by atoms with Gasteiger partial charge in [0.15, 0.2) is 12.4 Å². The molecule has 2 aromatic carbocycles. The Bertz CT molecular complexity index is 1710. The van der Waals surface area contributed by atoms with Gasteiger partial charge in [0.1, 0.15) is 35.9 Å². The lowest BCUT2D eigenvalue weighted by Crippen LogP contribution is -2.57. The van der Waals surface area contributed by atoms with Gasteiger partial charge in [-0.05, 0) is 81.3 Å². The van der Waals surface area contributed by atoms with Crippen LogP contribution in [0.15, 0.2) is 65.1 Å². The molecule has 0 spiro atoms. The van der Waals surface area contributed by atoms with Gasteiger partial charge in [-0.1, -0.05) is 44.2 Å². The van der Waals surface area contributed by atoms with Crippen LogP contribution < -0.4 is 30.7 Å². The van der Waals surface area contributed by atoms with Crippen LogP contribution in [0.1, 0.15) is 73.9 Å². The lowest BCUT2D eigenvalue weighted by atomic mass is 10.0. The third kappa shape index (κ3) is 13.2. The second kappa shape index (κ2) is 20.8. The number of aliphatic hydroxyl groups is 1. The maximum absolute atomic E-state index is 13.8. The molecule has 1 aromatic heterocycles. The van der Waals surface area contributed by atoms with Crippen molar-refractivity contribution in [2.75, 3.05) is 32.8 Å². The van der Waals surface area contributed by atoms with E-state index in [9.17, 15) is 29.1 Å². The number of para-hydroxylation sites is 1. The second-order valence-corrected chi connectivity index (χ2v) is 13.9. The highest BCUT2D eigenvalue weighted by Gasteiger charge is 2.30. The molecule has 1 aliphatic heterocycles. The van der Waals surface area contributed by atoms with Crippen molar-refractivity contribution >= 4 is 29.5 Å². The average Bonchev–Trinajstić information content (AvgIpc) is 3.51. The van der Waals surface area contributed by atoms with Crippen molar-refractivity contribution in [1.29, 1.82) is 0 Å². The molecule has 3 aromatic rings. The first kappa shape index (κ1) is 41.4. The molecule has 0 aliphatic carbocycles. The maximum atomic E-state index is 13.8. The fourth-order valence-corrected chi connectivity index (χ4v) is 5.95. The fourth-order valence-electron chi connectivity index (χ4n) is 5.95. The van der Waals surface area contributed by atoms with Gasteiger partial charge in [0.2, 0.25) is 17.7 Å². The molecule has 4 rings (SSSR count). The van der Waals surface area contributed by atoms with Gasteiger partial charge in [-0.3, -0.25) is 24.0 Å². The molecule has 14 heteroatoms. The molecular weight excluding hydrogens is 694 g/mol. The minimum Gasteiger partial charge on any atom is -0.486 e. The van der Waals surface area contributed by atoms with E-state index in [1.165, 1.54) is 6.92 Å². The highest BCUT2D eigenvalue weighted by Crippen LogP contribution is 2.20. The maximum Gasteiger partial charge on any atom is 0.289 e. The third-order valence-electron chi connectivity index (χ3n) is 8.71. The van der Waals surface area contributed by atoms with Crippen LogP contribution in [0, 0.1) is 12.8 Å². The van der Waals surface area contributed by atoms with Crippen molar-refractivity contribution in [3.8, 4) is 11.5 Å². The first-order valence-electron chi connectivity index (χ1n) is 18.5. The number of furan rings is 1. The molecule has 2 bridgehead atoms. The van der Waals surface area contributed by atoms with Gasteiger partial charge >= 0.3 is 0 Å². The number of ether oxygens (including phenoxy) is 2. The number of aliphatic hydroxyl groups excluding tert-OH is 1. The Morgan fingerprint density at radius 2 is 1.63 bits per heavy atom. The average molecular weight is 748 g/mol. The van der Waals surface area contributed by atoms with Gasteiger partial charge in [-0.15, -0.1) is 0 Å². The standard InChI is InChI=1S/C40H53N5O9/c1-26(2)20-33-38(49)44-36(28(4)46)39(50)42-16-8-9-18-45(40(51)37-27(3)21-32(54-37)24-52-30-13-6-5-7-14-30)19-11-17-41-35(48)25-53-31-15-10-12-29(22-31)23-34(47)43-33/h5-7,10,12-15,21-22,26,28,33,36,46H,8-9,11,16-20,23-25H2,1-4H3,(H,41,48)(H,42,50)(H,43,47)(H,44,49)/t28-,33-,36+/m1/s1. The number of nitrogens with one attached hydrogen (secondary N) is 4. The minimum absolute atomic E-state index is 0.0356. The van der Waals surface area contributed by atoms with E-state index in [1.54, 1.807) is 42.2 Å². The Kier molecular flexibility index (Phi) is 15.9. The van der Waals surface area contributed by atoms with Crippen LogP contribution in [0.25, 0.3) is 0 Å². The second-order valence-electron chi connectivity index (χ2n) is 13.9. The normalized spacial score (nSPS) is 19.3. The van der Waals surface area contributed by atoms with E-state index in [1.807, 2.05) is 44.2 Å². The summed E-state index contributed by atoms with van der Waals surface area (Å²) in [6.45, 7) is 8.10. The number of aryl methyl sites for hydroxylation is 1. The fraction of sp³-hybridized carbons (Fsp3) is 0.475. The van der Waals surface area contributed by atoms with Crippen LogP contribution in [-0.2, 0) is 32.2 Å². The molecule has 0 saturated carbocycles. The van der Waals surface area contributed by atoms with Crippen molar-refractivity contribution in [2.45, 2.75) is 84.6 Å². The van der Waals surface area contributed by atoms with Crippen molar-refractivity contribution in [3.63, 3.8) is 0 Å². The molecule has 0 unspecified atom stereocenters. The number of nitrogens with zero attached hydrogens (tertiary/aromatic N) is 1. The van der Waals surface area contributed by atoms with E-state index >= 15 is 0 Å². The Hall–Kier alpha value is -5.37. The Labute approximate surface area is 316 Å². The molecule has 5 amide bonds. The molecule has 14 nitrogen and oxygen atoms in total. The number of benzene rings is 2. The van der Waals surface area contributed by atoms with Gasteiger partial charge < -0.3 is 45.2 Å². The van der Waals surface area contributed by atoms with Gasteiger partial charge in [-0.2, -0.15) is 0 Å². The summed E-state index contributed by atoms with van der Waals surface area (Å²) in [5.74, 6) is -0.414. The van der Waals surface area contributed by atoms with Crippen LogP contribution in [0.5, 0.6) is 11.5 Å². The summed E-state index contributed by atoms with van der Waals surface area (Å²) in [4.78, 5) is 67.7. The summed E-state index contributed by atoms with van der Waals surface area (Å²) in [5, 5.41) is 21.4. The van der Waals surface area contributed by atoms with Crippen LogP contribution in [0.3, 0.4) is 0 Å². The van der Waals surface area contributed by atoms with Crippen molar-refractivity contribution in [1.82, 2.24) is 26.2 Å². The molecule has 2 heterocycles. The zero-order valence-corrected chi connectivity index (χ0v) is 31.5. The number of hydrogen-bond acceptors (Lipinski definition) is 9. The summed E-state index contributed by atoms with van der Waals surface area (Å²) in [6.07, 6.45) is 0.502. The van der Waals surface area contributed by atoms with Crippen LogP contribution in [0.2, 0.25) is 0 Å². The molecule has 292 valence electrons. The van der Waals surface area contributed by atoms with Gasteiger partial charge in [0.05, 0.1) is 12.5 Å². The Morgan fingerprint density at radius 1 is 0.889 bits per heavy atom. The van der Waals surface area contributed by atoms with E-state index in [0.29, 0.717) is 73.7 Å². The van der Waals surface area contributed by atoms with Crippen LogP contribution in [0.4, 0.5) is 0 Å². The number of amides is 5. The molecule has 0 fully saturated rings. The third-order valence-corrected chi connectivity index (χ3v) is 8.71. The van der Waals surface area contributed by atoms with E-state index in [2.05, 4.69) is 21.3 Å². The number of carbonyl (C=O) groups is 5. The van der Waals surface area contributed by atoms with Crippen LogP contribution >= 0.6 is 0 Å². The Morgan fingerprint density at radius 3 is 2.37 bits per heavy atom. The van der Waals surface area contributed by atoms with Crippen molar-refractivity contribution in [3.05, 3.63) is 83.3 Å². The monoisotopic (exact) mass is 747 g/mol. The van der Waals surface area contributed by atoms with Crippen molar-refractivity contribution in [2.24, 2.45) is 5.92 Å². The van der Waals surface area contributed by atoms with Gasteiger partial charge in [-0.25, -0.2) is 0 Å². The van der Waals surface area contributed by atoms with E-state index in [-0.39, 0.29) is 49.7 Å². The Balaban J connectivity index is 1.48. The zero-order chi connectivity index (χ0) is 39.0. The summed E-state index contributed by atoms with van der Waals surface area (Å²) in [6, 6.07) is 15.6. The smallest absolute Gasteiger partial charge is 0.289 e. The summed E-state index contributed by atoms with van der Waals surface area (Å²) in [7, 11) is 0. The number of fused-ring (bicyclic) bond motifs is 2. The minimum atomic E-state index is -1.25. The summed E-state index contributed by atoms with van der Waals surface area (Å²) in [5.41, 5.74) is 1.27. The van der Waals surface area contributed by atoms with Crippen LogP contribution in [-0.4, -0.2) is 90.5 Å².